The summed E-state index contributed by atoms with van der Waals surface area (Å²) < 4.78 is 5.81. The van der Waals surface area contributed by atoms with Gasteiger partial charge in [-0.2, -0.15) is 0 Å². The van der Waals surface area contributed by atoms with Crippen molar-refractivity contribution in [3.8, 4) is 0 Å². The van der Waals surface area contributed by atoms with Gasteiger partial charge < -0.3 is 10.2 Å². The van der Waals surface area contributed by atoms with Crippen molar-refractivity contribution in [2.45, 2.75) is 25.2 Å². The van der Waals surface area contributed by atoms with Crippen LogP contribution in [0.4, 0.5) is 5.69 Å². The van der Waals surface area contributed by atoms with Crippen molar-refractivity contribution < 1.29 is 4.42 Å². The lowest BCUT2D eigenvalue weighted by Crippen LogP contribution is -1.95. The first-order chi connectivity index (χ1) is 7.79. The molecule has 1 heterocycles. The normalized spacial score (nSPS) is 31.9. The molecule has 2 saturated carbocycles. The maximum absolute atomic E-state index is 5.81. The van der Waals surface area contributed by atoms with Crippen LogP contribution < -0.4 is 5.73 Å². The predicted octanol–water partition coefficient (Wildman–Crippen LogP) is 2.92. The van der Waals surface area contributed by atoms with E-state index in [1.165, 1.54) is 19.3 Å². The van der Waals surface area contributed by atoms with Crippen LogP contribution in [0.5, 0.6) is 0 Å². The van der Waals surface area contributed by atoms with Crippen LogP contribution >= 0.6 is 0 Å². The summed E-state index contributed by atoms with van der Waals surface area (Å²) in [4.78, 5) is 4.56. The molecular weight excluding hydrogens is 200 g/mol. The average Bonchev–Trinajstić information content (AvgIpc) is 2.75. The lowest BCUT2D eigenvalue weighted by atomic mass is 10.0. The van der Waals surface area contributed by atoms with Gasteiger partial charge in [0.2, 0.25) is 0 Å². The minimum absolute atomic E-state index is 0.553. The molecule has 2 aliphatic rings. The molecule has 0 spiro atoms. The number of fused-ring (bicyclic) bond motifs is 2. The van der Waals surface area contributed by atoms with Crippen LogP contribution in [-0.2, 0) is 0 Å². The van der Waals surface area contributed by atoms with Crippen molar-refractivity contribution in [1.82, 2.24) is 4.98 Å². The molecule has 4 rings (SSSR count). The Hall–Kier alpha value is -1.51. The zero-order chi connectivity index (χ0) is 10.7. The molecule has 2 aromatic rings. The quantitative estimate of drug-likeness (QED) is 0.742. The Morgan fingerprint density at radius 3 is 2.81 bits per heavy atom. The summed E-state index contributed by atoms with van der Waals surface area (Å²) in [6.45, 7) is 0. The molecular formula is C13H14N2O. The summed E-state index contributed by atoms with van der Waals surface area (Å²) in [7, 11) is 0. The van der Waals surface area contributed by atoms with Crippen molar-refractivity contribution in [3.05, 3.63) is 24.1 Å². The van der Waals surface area contributed by atoms with Gasteiger partial charge in [0.25, 0.3) is 0 Å². The predicted molar refractivity (Wildman–Crippen MR) is 62.0 cm³/mol. The highest BCUT2D eigenvalue weighted by Crippen LogP contribution is 2.57. The van der Waals surface area contributed by atoms with Crippen molar-refractivity contribution in [3.63, 3.8) is 0 Å². The maximum atomic E-state index is 5.81. The second kappa shape index (κ2) is 2.78. The van der Waals surface area contributed by atoms with Crippen molar-refractivity contribution >= 4 is 16.8 Å². The molecule has 1 aromatic carbocycles. The summed E-state index contributed by atoms with van der Waals surface area (Å²) >= 11 is 0. The van der Waals surface area contributed by atoms with E-state index in [0.717, 1.165) is 34.5 Å². The van der Waals surface area contributed by atoms with E-state index in [9.17, 15) is 0 Å². The zero-order valence-electron chi connectivity index (χ0n) is 9.02. The number of rotatable bonds is 1. The van der Waals surface area contributed by atoms with Gasteiger partial charge >= 0.3 is 0 Å². The first-order valence-corrected chi connectivity index (χ1v) is 5.95. The number of hydrogen-bond acceptors (Lipinski definition) is 3. The van der Waals surface area contributed by atoms with Gasteiger partial charge in [-0.25, -0.2) is 4.98 Å². The van der Waals surface area contributed by atoms with E-state index in [0.29, 0.717) is 5.92 Å². The van der Waals surface area contributed by atoms with Gasteiger partial charge in [-0.3, -0.25) is 0 Å². The molecule has 1 aromatic heterocycles. The first kappa shape index (κ1) is 8.62. The maximum Gasteiger partial charge on any atom is 0.198 e. The van der Waals surface area contributed by atoms with Crippen molar-refractivity contribution in [1.29, 1.82) is 0 Å². The number of anilines is 1. The van der Waals surface area contributed by atoms with Crippen molar-refractivity contribution in [2.75, 3.05) is 5.73 Å². The van der Waals surface area contributed by atoms with Crippen LogP contribution in [0.1, 0.15) is 31.1 Å². The van der Waals surface area contributed by atoms with E-state index < -0.39 is 0 Å². The highest BCUT2D eigenvalue weighted by molar-refractivity contribution is 5.76. The molecule has 16 heavy (non-hydrogen) atoms. The third-order valence-corrected chi connectivity index (χ3v) is 4.02. The Balaban J connectivity index is 1.75. The Kier molecular flexibility index (Phi) is 1.50. The molecule has 0 amide bonds. The van der Waals surface area contributed by atoms with Gasteiger partial charge in [0, 0.05) is 11.6 Å². The number of nitrogens with zero attached hydrogens (tertiary/aromatic N) is 1. The average molecular weight is 214 g/mol. The molecule has 3 nitrogen and oxygen atoms in total. The van der Waals surface area contributed by atoms with Gasteiger partial charge in [0.15, 0.2) is 11.5 Å². The van der Waals surface area contributed by atoms with Gasteiger partial charge in [-0.15, -0.1) is 0 Å². The topological polar surface area (TPSA) is 52.0 Å². The van der Waals surface area contributed by atoms with Gasteiger partial charge in [0.1, 0.15) is 5.52 Å². The number of nitrogen functional groups attached to an aromatic ring is 1. The molecule has 2 N–H and O–H groups in total. The third-order valence-electron chi connectivity index (χ3n) is 4.02. The Bertz CT molecular complexity index is 550. The largest absolute Gasteiger partial charge is 0.440 e. The fraction of sp³-hybridized carbons (Fsp3) is 0.462. The molecule has 2 fully saturated rings. The lowest BCUT2D eigenvalue weighted by Gasteiger charge is -2.04. The molecule has 0 bridgehead atoms. The third kappa shape index (κ3) is 1.17. The second-order valence-corrected chi connectivity index (χ2v) is 5.20. The van der Waals surface area contributed by atoms with E-state index in [-0.39, 0.29) is 0 Å². The zero-order valence-corrected chi connectivity index (χ0v) is 9.02. The first-order valence-electron chi connectivity index (χ1n) is 5.95. The fourth-order valence-corrected chi connectivity index (χ4v) is 3.05. The van der Waals surface area contributed by atoms with Crippen LogP contribution in [0.15, 0.2) is 22.6 Å². The number of benzene rings is 1. The molecule has 0 radical (unpaired) electrons. The van der Waals surface area contributed by atoms with Crippen molar-refractivity contribution in [2.24, 2.45) is 11.8 Å². The number of oxazole rings is 1. The highest BCUT2D eigenvalue weighted by atomic mass is 16.3. The van der Waals surface area contributed by atoms with Gasteiger partial charge in [-0.1, -0.05) is 0 Å². The van der Waals surface area contributed by atoms with Crippen LogP contribution in [0.2, 0.25) is 0 Å². The summed E-state index contributed by atoms with van der Waals surface area (Å²) in [5.41, 5.74) is 8.25. The second-order valence-electron chi connectivity index (χ2n) is 5.20. The molecule has 2 aliphatic carbocycles. The number of aromatic nitrogens is 1. The summed E-state index contributed by atoms with van der Waals surface area (Å²) in [6, 6.07) is 5.66. The molecule has 82 valence electrons. The Labute approximate surface area is 93.6 Å². The van der Waals surface area contributed by atoms with E-state index in [1.807, 2.05) is 18.2 Å². The molecule has 0 aliphatic heterocycles. The van der Waals surface area contributed by atoms with E-state index in [1.54, 1.807) is 0 Å². The lowest BCUT2D eigenvalue weighted by molar-refractivity contribution is 0.451. The van der Waals surface area contributed by atoms with E-state index in [2.05, 4.69) is 4.98 Å². The van der Waals surface area contributed by atoms with Gasteiger partial charge in [-0.05, 0) is 49.3 Å². The van der Waals surface area contributed by atoms with Crippen LogP contribution in [-0.4, -0.2) is 4.98 Å². The monoisotopic (exact) mass is 214 g/mol. The molecule has 3 heteroatoms. The van der Waals surface area contributed by atoms with E-state index in [4.69, 9.17) is 10.2 Å². The summed E-state index contributed by atoms with van der Waals surface area (Å²) in [5, 5.41) is 0. The minimum Gasteiger partial charge on any atom is -0.440 e. The smallest absolute Gasteiger partial charge is 0.198 e. The van der Waals surface area contributed by atoms with Crippen LogP contribution in [0, 0.1) is 11.8 Å². The number of nitrogens with two attached hydrogens (primary N) is 1. The summed E-state index contributed by atoms with van der Waals surface area (Å²) in [5.74, 6) is 3.40. The van der Waals surface area contributed by atoms with Crippen LogP contribution in [0.3, 0.4) is 0 Å². The fourth-order valence-electron chi connectivity index (χ4n) is 3.05. The standard InChI is InChI=1S/C13H14N2O/c14-10-1-2-12-11(6-10)15-13(16-12)9-4-7-3-8(7)5-9/h1-2,6-9H,3-5,14H2. The Morgan fingerprint density at radius 2 is 2.00 bits per heavy atom. The van der Waals surface area contributed by atoms with E-state index >= 15 is 0 Å². The van der Waals surface area contributed by atoms with Gasteiger partial charge in [0.05, 0.1) is 0 Å². The number of hydrogen-bond donors (Lipinski definition) is 1. The van der Waals surface area contributed by atoms with Crippen LogP contribution in [0.25, 0.3) is 11.1 Å². The Morgan fingerprint density at radius 1 is 1.19 bits per heavy atom. The SMILES string of the molecule is Nc1ccc2oc(C3CC4CC4C3)nc2c1. The molecule has 2 unspecified atom stereocenters. The molecule has 2 atom stereocenters. The minimum atomic E-state index is 0.553. The highest BCUT2D eigenvalue weighted by Gasteiger charge is 2.47. The molecule has 0 saturated heterocycles. The summed E-state index contributed by atoms with van der Waals surface area (Å²) in [6.07, 6.45) is 3.98.